The van der Waals surface area contributed by atoms with Crippen molar-refractivity contribution >= 4 is 28.0 Å². The number of anilines is 2. The number of rotatable bonds is 2. The summed E-state index contributed by atoms with van der Waals surface area (Å²) in [7, 11) is 4.06. The zero-order valence-corrected chi connectivity index (χ0v) is 12.6. The van der Waals surface area contributed by atoms with Crippen LogP contribution >= 0.6 is 0 Å². The molecule has 4 nitrogen and oxygen atoms in total. The smallest absolute Gasteiger partial charge is 0.280 e. The molecule has 0 fully saturated rings. The molecular formula is C18H17N4+. The molecule has 0 aliphatic carbocycles. The summed E-state index contributed by atoms with van der Waals surface area (Å²) >= 11 is 0. The quantitative estimate of drug-likeness (QED) is 0.734. The number of nitrogens with two attached hydrogens (primary N) is 1. The van der Waals surface area contributed by atoms with Crippen molar-refractivity contribution < 1.29 is 4.98 Å². The summed E-state index contributed by atoms with van der Waals surface area (Å²) in [5.74, 6) is 0.399. The Labute approximate surface area is 129 Å². The predicted octanol–water partition coefficient (Wildman–Crippen LogP) is 3.52. The second-order valence-electron chi connectivity index (χ2n) is 5.41. The van der Waals surface area contributed by atoms with Gasteiger partial charge in [-0.15, -0.1) is 0 Å². The summed E-state index contributed by atoms with van der Waals surface area (Å²) in [6, 6.07) is 14.4. The second-order valence-corrected chi connectivity index (χ2v) is 5.41. The Morgan fingerprint density at radius 3 is 2.50 bits per heavy atom. The number of pyridine rings is 1. The Kier molecular flexibility index (Phi) is 3.40. The predicted molar refractivity (Wildman–Crippen MR) is 90.9 cm³/mol. The van der Waals surface area contributed by atoms with Crippen molar-refractivity contribution in [3.8, 4) is 11.1 Å². The van der Waals surface area contributed by atoms with Gasteiger partial charge in [-0.25, -0.2) is 4.85 Å². The van der Waals surface area contributed by atoms with Crippen LogP contribution in [0.3, 0.4) is 0 Å². The molecule has 0 amide bonds. The van der Waals surface area contributed by atoms with E-state index in [9.17, 15) is 0 Å². The fourth-order valence-electron chi connectivity index (χ4n) is 2.54. The van der Waals surface area contributed by atoms with Crippen LogP contribution in [0.2, 0.25) is 0 Å². The number of nitrogen functional groups attached to an aromatic ring is 1. The number of aromatic amines is 1. The summed E-state index contributed by atoms with van der Waals surface area (Å²) in [6.45, 7) is 7.33. The summed E-state index contributed by atoms with van der Waals surface area (Å²) in [5, 5.41) is 2.32. The van der Waals surface area contributed by atoms with E-state index in [2.05, 4.69) is 45.1 Å². The van der Waals surface area contributed by atoms with Crippen LogP contribution in [-0.4, -0.2) is 14.1 Å². The first-order valence-electron chi connectivity index (χ1n) is 6.99. The number of nitrogens with one attached hydrogen (secondary N) is 1. The molecule has 0 atom stereocenters. The molecule has 0 radical (unpaired) electrons. The minimum atomic E-state index is 0.399. The summed E-state index contributed by atoms with van der Waals surface area (Å²) < 4.78 is 0. The van der Waals surface area contributed by atoms with Gasteiger partial charge in [-0.2, -0.15) is 0 Å². The zero-order chi connectivity index (χ0) is 15.7. The van der Waals surface area contributed by atoms with E-state index in [0.717, 1.165) is 16.5 Å². The van der Waals surface area contributed by atoms with Crippen LogP contribution in [-0.2, 0) is 0 Å². The van der Waals surface area contributed by atoms with Crippen molar-refractivity contribution in [2.24, 2.45) is 0 Å². The average Bonchev–Trinajstić information content (AvgIpc) is 2.53. The number of hydrogen-bond donors (Lipinski definition) is 1. The molecule has 3 rings (SSSR count). The molecule has 0 aliphatic heterocycles. The molecular weight excluding hydrogens is 272 g/mol. The van der Waals surface area contributed by atoms with Crippen molar-refractivity contribution in [1.82, 2.24) is 0 Å². The maximum absolute atomic E-state index is 7.33. The molecule has 0 spiro atoms. The molecule has 0 unspecified atom stereocenters. The van der Waals surface area contributed by atoms with E-state index in [1.807, 2.05) is 26.2 Å². The molecule has 0 saturated heterocycles. The molecule has 0 saturated carbocycles. The fourth-order valence-corrected chi connectivity index (χ4v) is 2.54. The van der Waals surface area contributed by atoms with Crippen LogP contribution in [0.4, 0.5) is 17.2 Å². The summed E-state index contributed by atoms with van der Waals surface area (Å²) in [6.07, 6.45) is 1.76. The Hall–Kier alpha value is -3.06. The van der Waals surface area contributed by atoms with Crippen LogP contribution in [0.15, 0.2) is 48.7 Å². The van der Waals surface area contributed by atoms with Crippen molar-refractivity contribution in [1.29, 1.82) is 0 Å². The lowest BCUT2D eigenvalue weighted by atomic mass is 10.0. The van der Waals surface area contributed by atoms with Gasteiger partial charge in [0.05, 0.1) is 12.8 Å². The van der Waals surface area contributed by atoms with E-state index in [-0.39, 0.29) is 0 Å². The molecule has 22 heavy (non-hydrogen) atoms. The monoisotopic (exact) mass is 289 g/mol. The molecule has 108 valence electrons. The molecule has 3 N–H and O–H groups in total. The third kappa shape index (κ3) is 2.33. The van der Waals surface area contributed by atoms with Crippen LogP contribution in [0, 0.1) is 6.57 Å². The maximum atomic E-state index is 7.33. The highest BCUT2D eigenvalue weighted by Gasteiger charge is 2.13. The third-order valence-corrected chi connectivity index (χ3v) is 3.76. The maximum Gasteiger partial charge on any atom is 0.280 e. The molecule has 2 aromatic carbocycles. The van der Waals surface area contributed by atoms with E-state index in [1.54, 1.807) is 6.20 Å². The van der Waals surface area contributed by atoms with Gasteiger partial charge in [0.2, 0.25) is 0 Å². The largest absolute Gasteiger partial charge is 0.378 e. The topological polar surface area (TPSA) is 47.8 Å². The van der Waals surface area contributed by atoms with Gasteiger partial charge in [-0.3, -0.25) is 10.7 Å². The Morgan fingerprint density at radius 1 is 1.05 bits per heavy atom. The van der Waals surface area contributed by atoms with E-state index >= 15 is 0 Å². The van der Waals surface area contributed by atoms with E-state index in [4.69, 9.17) is 12.3 Å². The minimum Gasteiger partial charge on any atom is -0.378 e. The summed E-state index contributed by atoms with van der Waals surface area (Å²) in [4.78, 5) is 8.51. The number of aromatic nitrogens is 1. The van der Waals surface area contributed by atoms with Gasteiger partial charge in [-0.05, 0) is 46.2 Å². The highest BCUT2D eigenvalue weighted by atomic mass is 15.1. The first-order valence-corrected chi connectivity index (χ1v) is 6.99. The van der Waals surface area contributed by atoms with E-state index < -0.39 is 0 Å². The second kappa shape index (κ2) is 5.38. The van der Waals surface area contributed by atoms with Crippen LogP contribution in [0.25, 0.3) is 26.7 Å². The van der Waals surface area contributed by atoms with Gasteiger partial charge in [0, 0.05) is 19.8 Å². The number of fused-ring (bicyclic) bond motifs is 1. The third-order valence-electron chi connectivity index (χ3n) is 3.76. The minimum absolute atomic E-state index is 0.399. The lowest BCUT2D eigenvalue weighted by molar-refractivity contribution is -0.359. The van der Waals surface area contributed by atoms with Gasteiger partial charge in [0.25, 0.3) is 11.5 Å². The molecule has 0 aliphatic rings. The molecule has 1 heterocycles. The SMILES string of the molecule is [C-]#[N+]c1c(-c2ccc3cc(N(C)C)ccc3c2)cc[nH+]c1N. The molecule has 4 heteroatoms. The normalized spacial score (nSPS) is 10.4. The zero-order valence-electron chi connectivity index (χ0n) is 12.6. The van der Waals surface area contributed by atoms with Gasteiger partial charge < -0.3 is 4.90 Å². The average molecular weight is 289 g/mol. The van der Waals surface area contributed by atoms with Crippen molar-refractivity contribution in [2.75, 3.05) is 24.7 Å². The molecule has 3 aromatic rings. The molecule has 0 bridgehead atoms. The Morgan fingerprint density at radius 2 is 1.77 bits per heavy atom. The number of benzene rings is 2. The van der Waals surface area contributed by atoms with Crippen molar-refractivity contribution in [2.45, 2.75) is 0 Å². The summed E-state index contributed by atoms with van der Waals surface area (Å²) in [5.41, 5.74) is 9.34. The number of hydrogen-bond acceptors (Lipinski definition) is 2. The standard InChI is InChI=1S/C18H16N4/c1-20-17-16(8-9-21-18(17)19)14-5-4-13-11-15(22(2)3)7-6-12(13)10-14/h4-11H,2-3H3,(H2,19,21)/p+1. The van der Waals surface area contributed by atoms with Crippen LogP contribution in [0.1, 0.15) is 0 Å². The van der Waals surface area contributed by atoms with E-state index in [0.29, 0.717) is 11.5 Å². The first kappa shape index (κ1) is 13.9. The lowest BCUT2D eigenvalue weighted by Gasteiger charge is -2.13. The number of H-pyrrole nitrogens is 1. The highest BCUT2D eigenvalue weighted by Crippen LogP contribution is 2.34. The highest BCUT2D eigenvalue weighted by molar-refractivity contribution is 5.92. The Balaban J connectivity index is 2.16. The van der Waals surface area contributed by atoms with Gasteiger partial charge >= 0.3 is 0 Å². The Bertz CT molecular complexity index is 891. The van der Waals surface area contributed by atoms with Gasteiger partial charge in [-0.1, -0.05) is 18.2 Å². The lowest BCUT2D eigenvalue weighted by Crippen LogP contribution is -2.09. The van der Waals surface area contributed by atoms with Crippen LogP contribution in [0.5, 0.6) is 0 Å². The van der Waals surface area contributed by atoms with E-state index in [1.165, 1.54) is 11.1 Å². The van der Waals surface area contributed by atoms with Gasteiger partial charge in [0.1, 0.15) is 0 Å². The molecule has 1 aromatic heterocycles. The van der Waals surface area contributed by atoms with Crippen molar-refractivity contribution in [3.05, 3.63) is 60.1 Å². The number of nitrogens with zero attached hydrogens (tertiary/aromatic N) is 2. The van der Waals surface area contributed by atoms with Gasteiger partial charge in [0.15, 0.2) is 0 Å². The fraction of sp³-hybridized carbons (Fsp3) is 0.111. The van der Waals surface area contributed by atoms with Crippen molar-refractivity contribution in [3.63, 3.8) is 0 Å². The first-order chi connectivity index (χ1) is 10.6. The van der Waals surface area contributed by atoms with Crippen LogP contribution < -0.4 is 15.6 Å².